The molecule has 0 bridgehead atoms. The van der Waals surface area contributed by atoms with Crippen LogP contribution in [0.1, 0.15) is 26.7 Å². The predicted octanol–water partition coefficient (Wildman–Crippen LogP) is 1.27. The lowest BCUT2D eigenvalue weighted by Gasteiger charge is -2.28. The maximum Gasteiger partial charge on any atom is 0.0403 e. The van der Waals surface area contributed by atoms with E-state index in [1.165, 1.54) is 11.6 Å². The van der Waals surface area contributed by atoms with E-state index in [4.69, 9.17) is 0 Å². The first kappa shape index (κ1) is 10.5. The van der Waals surface area contributed by atoms with Gasteiger partial charge in [-0.1, -0.05) is 13.8 Å². The molecule has 13 heavy (non-hydrogen) atoms. The zero-order chi connectivity index (χ0) is 9.68. The van der Waals surface area contributed by atoms with Crippen molar-refractivity contribution in [2.45, 2.75) is 26.7 Å². The SMILES string of the molecule is CNN=C1CCN(C[C](C)C)CC1. The number of hydrogen-bond acceptors (Lipinski definition) is 3. The summed E-state index contributed by atoms with van der Waals surface area (Å²) in [4.78, 5) is 2.49. The van der Waals surface area contributed by atoms with Crippen molar-refractivity contribution in [2.75, 3.05) is 26.7 Å². The van der Waals surface area contributed by atoms with E-state index in [1.807, 2.05) is 7.05 Å². The summed E-state index contributed by atoms with van der Waals surface area (Å²) in [6.07, 6.45) is 2.24. The number of hydrazone groups is 1. The first-order valence-corrected chi connectivity index (χ1v) is 4.96. The molecule has 0 atom stereocenters. The smallest absolute Gasteiger partial charge is 0.0403 e. The monoisotopic (exact) mass is 182 g/mol. The predicted molar refractivity (Wildman–Crippen MR) is 56.8 cm³/mol. The minimum atomic E-state index is 1.12. The fraction of sp³-hybridized carbons (Fsp3) is 0.800. The van der Waals surface area contributed by atoms with Crippen LogP contribution in [0.3, 0.4) is 0 Å². The minimum absolute atomic E-state index is 1.12. The van der Waals surface area contributed by atoms with Crippen LogP contribution in [0.25, 0.3) is 0 Å². The van der Waals surface area contributed by atoms with Crippen molar-refractivity contribution >= 4 is 5.71 Å². The Morgan fingerprint density at radius 1 is 1.38 bits per heavy atom. The van der Waals surface area contributed by atoms with Crippen LogP contribution in [-0.2, 0) is 0 Å². The van der Waals surface area contributed by atoms with E-state index in [9.17, 15) is 0 Å². The number of piperidine rings is 1. The molecule has 3 nitrogen and oxygen atoms in total. The van der Waals surface area contributed by atoms with E-state index in [2.05, 4.69) is 29.3 Å². The summed E-state index contributed by atoms with van der Waals surface area (Å²) >= 11 is 0. The molecule has 1 aliphatic heterocycles. The molecule has 3 heteroatoms. The van der Waals surface area contributed by atoms with Crippen LogP contribution in [0.4, 0.5) is 0 Å². The van der Waals surface area contributed by atoms with Crippen LogP contribution in [0.2, 0.25) is 0 Å². The molecule has 1 saturated heterocycles. The van der Waals surface area contributed by atoms with Crippen LogP contribution < -0.4 is 5.43 Å². The summed E-state index contributed by atoms with van der Waals surface area (Å²) in [7, 11) is 1.86. The second kappa shape index (κ2) is 5.22. The second-order valence-electron chi connectivity index (χ2n) is 3.88. The van der Waals surface area contributed by atoms with Crippen molar-refractivity contribution in [3.8, 4) is 0 Å². The molecule has 0 aromatic heterocycles. The molecule has 0 aliphatic carbocycles. The highest BCUT2D eigenvalue weighted by atomic mass is 15.3. The Hall–Kier alpha value is -0.570. The lowest BCUT2D eigenvalue weighted by Crippen LogP contribution is -2.36. The molecule has 1 heterocycles. The van der Waals surface area contributed by atoms with Crippen LogP contribution in [0.15, 0.2) is 5.10 Å². The van der Waals surface area contributed by atoms with Crippen molar-refractivity contribution < 1.29 is 0 Å². The fourth-order valence-electron chi connectivity index (χ4n) is 1.69. The van der Waals surface area contributed by atoms with Crippen LogP contribution >= 0.6 is 0 Å². The maximum absolute atomic E-state index is 4.23. The number of nitrogens with one attached hydrogen (secondary N) is 1. The van der Waals surface area contributed by atoms with Crippen LogP contribution in [-0.4, -0.2) is 37.3 Å². The van der Waals surface area contributed by atoms with E-state index in [1.54, 1.807) is 0 Å². The number of hydrogen-bond donors (Lipinski definition) is 1. The Morgan fingerprint density at radius 3 is 2.46 bits per heavy atom. The van der Waals surface area contributed by atoms with Gasteiger partial charge in [-0.15, -0.1) is 0 Å². The van der Waals surface area contributed by atoms with Crippen molar-refractivity contribution in [1.29, 1.82) is 0 Å². The van der Waals surface area contributed by atoms with Crippen molar-refractivity contribution in [1.82, 2.24) is 10.3 Å². The van der Waals surface area contributed by atoms with Gasteiger partial charge in [0.15, 0.2) is 0 Å². The van der Waals surface area contributed by atoms with Gasteiger partial charge in [-0.25, -0.2) is 0 Å². The second-order valence-corrected chi connectivity index (χ2v) is 3.88. The van der Waals surface area contributed by atoms with Gasteiger partial charge in [0, 0.05) is 45.2 Å². The van der Waals surface area contributed by atoms with E-state index in [-0.39, 0.29) is 0 Å². The average Bonchev–Trinajstić information content (AvgIpc) is 2.08. The van der Waals surface area contributed by atoms with Gasteiger partial charge in [-0.05, 0) is 5.92 Å². The largest absolute Gasteiger partial charge is 0.313 e. The molecule has 75 valence electrons. The Morgan fingerprint density at radius 2 is 2.00 bits per heavy atom. The molecule has 1 radical (unpaired) electrons. The van der Waals surface area contributed by atoms with Crippen LogP contribution in [0.5, 0.6) is 0 Å². The van der Waals surface area contributed by atoms with Gasteiger partial charge in [0.05, 0.1) is 0 Å². The topological polar surface area (TPSA) is 27.6 Å². The quantitative estimate of drug-likeness (QED) is 0.666. The highest BCUT2D eigenvalue weighted by Gasteiger charge is 2.15. The molecule has 0 aromatic carbocycles. The molecule has 0 unspecified atom stereocenters. The normalized spacial score (nSPS) is 19.2. The standard InChI is InChI=1S/C10H20N3/c1-9(2)8-13-6-4-10(5-7-13)12-11-3/h11H,4-8H2,1-3H3. The van der Waals surface area contributed by atoms with Crippen molar-refractivity contribution in [3.63, 3.8) is 0 Å². The summed E-state index contributed by atoms with van der Waals surface area (Å²) in [5.41, 5.74) is 4.17. The Bertz CT molecular complexity index is 165. The third-order valence-electron chi connectivity index (χ3n) is 2.24. The Balaban J connectivity index is 2.26. The zero-order valence-electron chi connectivity index (χ0n) is 8.93. The summed E-state index contributed by atoms with van der Waals surface area (Å²) in [5, 5.41) is 4.23. The molecular formula is C10H20N3. The fourth-order valence-corrected chi connectivity index (χ4v) is 1.69. The molecule has 0 amide bonds. The third-order valence-corrected chi connectivity index (χ3v) is 2.24. The summed E-state index contributed by atoms with van der Waals surface area (Å²) in [6, 6.07) is 0. The first-order valence-electron chi connectivity index (χ1n) is 4.96. The molecule has 1 N–H and O–H groups in total. The highest BCUT2D eigenvalue weighted by molar-refractivity contribution is 5.85. The number of likely N-dealkylation sites (tertiary alicyclic amines) is 1. The third kappa shape index (κ3) is 3.77. The Kier molecular flexibility index (Phi) is 4.22. The highest BCUT2D eigenvalue weighted by Crippen LogP contribution is 2.09. The lowest BCUT2D eigenvalue weighted by atomic mass is 10.1. The minimum Gasteiger partial charge on any atom is -0.313 e. The number of nitrogens with zero attached hydrogens (tertiary/aromatic N) is 2. The van der Waals surface area contributed by atoms with Gasteiger partial charge in [0.1, 0.15) is 0 Å². The Labute approximate surface area is 81.2 Å². The average molecular weight is 182 g/mol. The van der Waals surface area contributed by atoms with Gasteiger partial charge in [0.2, 0.25) is 0 Å². The van der Waals surface area contributed by atoms with Gasteiger partial charge >= 0.3 is 0 Å². The molecule has 1 aliphatic rings. The van der Waals surface area contributed by atoms with E-state index >= 15 is 0 Å². The molecule has 0 spiro atoms. The first-order chi connectivity index (χ1) is 6.22. The summed E-state index contributed by atoms with van der Waals surface area (Å²) in [6.45, 7) is 7.85. The van der Waals surface area contributed by atoms with Crippen LogP contribution in [0, 0.1) is 5.92 Å². The molecule has 1 fully saturated rings. The number of rotatable bonds is 3. The lowest BCUT2D eigenvalue weighted by molar-refractivity contribution is 0.285. The summed E-state index contributed by atoms with van der Waals surface area (Å²) < 4.78 is 0. The van der Waals surface area contributed by atoms with E-state index < -0.39 is 0 Å². The molecule has 0 saturated carbocycles. The molecule has 0 aromatic rings. The van der Waals surface area contributed by atoms with Gasteiger partial charge in [0.25, 0.3) is 0 Å². The summed E-state index contributed by atoms with van der Waals surface area (Å²) in [5.74, 6) is 1.49. The zero-order valence-corrected chi connectivity index (χ0v) is 8.93. The van der Waals surface area contributed by atoms with Crippen molar-refractivity contribution in [2.24, 2.45) is 5.10 Å². The van der Waals surface area contributed by atoms with Gasteiger partial charge in [-0.2, -0.15) is 5.10 Å². The van der Waals surface area contributed by atoms with E-state index in [0.29, 0.717) is 0 Å². The van der Waals surface area contributed by atoms with Gasteiger partial charge < -0.3 is 10.3 Å². The molecular weight excluding hydrogens is 162 g/mol. The molecule has 1 rings (SSSR count). The van der Waals surface area contributed by atoms with Gasteiger partial charge in [-0.3, -0.25) is 0 Å². The maximum atomic E-state index is 4.23. The van der Waals surface area contributed by atoms with E-state index in [0.717, 1.165) is 32.5 Å². The van der Waals surface area contributed by atoms with Crippen molar-refractivity contribution in [3.05, 3.63) is 5.92 Å².